The van der Waals surface area contributed by atoms with Gasteiger partial charge >= 0.3 is 0 Å². The molecule has 1 unspecified atom stereocenters. The Balaban J connectivity index is 3.33. The van der Waals surface area contributed by atoms with Gasteiger partial charge in [0.05, 0.1) is 39.0 Å². The first-order chi connectivity index (χ1) is 10.1. The monoisotopic (exact) mass is 304 g/mol. The molecule has 126 valence electrons. The highest BCUT2D eigenvalue weighted by molar-refractivity contribution is 5.76. The second-order valence-corrected chi connectivity index (χ2v) is 5.51. The average Bonchev–Trinajstić information content (AvgIpc) is 2.43. The van der Waals surface area contributed by atoms with Crippen molar-refractivity contribution in [2.24, 2.45) is 5.92 Å². The van der Waals surface area contributed by atoms with Crippen LogP contribution in [0.4, 0.5) is 0 Å². The number of carbonyl (C=O) groups is 1. The smallest absolute Gasteiger partial charge is 0.222 e. The standard InChI is InChI=1S/C15H32N2O4/c1-13(2)4-5-14(18)12-15(19)17-7-9-21-11-10-20-8-6-16-3/h13-14,16,18H,4-12H2,1-3H3,(H,17,19). The van der Waals surface area contributed by atoms with Crippen LogP contribution in [-0.2, 0) is 14.3 Å². The lowest BCUT2D eigenvalue weighted by molar-refractivity contribution is -0.123. The predicted molar refractivity (Wildman–Crippen MR) is 83.3 cm³/mol. The summed E-state index contributed by atoms with van der Waals surface area (Å²) >= 11 is 0. The molecule has 6 nitrogen and oxygen atoms in total. The van der Waals surface area contributed by atoms with Gasteiger partial charge in [-0.1, -0.05) is 13.8 Å². The molecule has 0 aromatic carbocycles. The summed E-state index contributed by atoms with van der Waals surface area (Å²) < 4.78 is 10.6. The summed E-state index contributed by atoms with van der Waals surface area (Å²) in [6, 6.07) is 0. The molecule has 0 aromatic heterocycles. The number of nitrogens with one attached hydrogen (secondary N) is 2. The SMILES string of the molecule is CNCCOCCOCCNC(=O)CC(O)CCC(C)C. The summed E-state index contributed by atoms with van der Waals surface area (Å²) in [5.74, 6) is 0.423. The molecular weight excluding hydrogens is 272 g/mol. The van der Waals surface area contributed by atoms with E-state index in [9.17, 15) is 9.90 Å². The number of carbonyl (C=O) groups excluding carboxylic acids is 1. The molecule has 21 heavy (non-hydrogen) atoms. The second kappa shape index (κ2) is 14.3. The van der Waals surface area contributed by atoms with Crippen molar-refractivity contribution in [2.45, 2.75) is 39.2 Å². The van der Waals surface area contributed by atoms with Gasteiger partial charge in [0.15, 0.2) is 0 Å². The van der Waals surface area contributed by atoms with E-state index in [0.717, 1.165) is 13.0 Å². The third-order valence-electron chi connectivity index (χ3n) is 2.94. The molecule has 0 bridgehead atoms. The molecule has 0 spiro atoms. The summed E-state index contributed by atoms with van der Waals surface area (Å²) in [6.45, 7) is 7.72. The number of amides is 1. The molecule has 3 N–H and O–H groups in total. The molecule has 0 rings (SSSR count). The van der Waals surface area contributed by atoms with Crippen molar-refractivity contribution in [3.8, 4) is 0 Å². The lowest BCUT2D eigenvalue weighted by atomic mass is 10.0. The van der Waals surface area contributed by atoms with E-state index in [4.69, 9.17) is 9.47 Å². The molecule has 1 atom stereocenters. The first-order valence-corrected chi connectivity index (χ1v) is 7.81. The lowest BCUT2D eigenvalue weighted by Crippen LogP contribution is -2.30. The predicted octanol–water partition coefficient (Wildman–Crippen LogP) is 0.542. The zero-order valence-electron chi connectivity index (χ0n) is 13.7. The van der Waals surface area contributed by atoms with Gasteiger partial charge in [-0.05, 0) is 25.8 Å². The van der Waals surface area contributed by atoms with Gasteiger partial charge in [0.2, 0.25) is 5.91 Å². The van der Waals surface area contributed by atoms with Crippen molar-refractivity contribution in [3.05, 3.63) is 0 Å². The van der Waals surface area contributed by atoms with E-state index in [1.54, 1.807) is 0 Å². The maximum atomic E-state index is 11.5. The van der Waals surface area contributed by atoms with Gasteiger partial charge in [-0.25, -0.2) is 0 Å². The fraction of sp³-hybridized carbons (Fsp3) is 0.933. The third kappa shape index (κ3) is 15.5. The van der Waals surface area contributed by atoms with Crippen molar-refractivity contribution >= 4 is 5.91 Å². The zero-order chi connectivity index (χ0) is 15.9. The summed E-state index contributed by atoms with van der Waals surface area (Å²) in [4.78, 5) is 11.5. The number of aliphatic hydroxyl groups excluding tert-OH is 1. The van der Waals surface area contributed by atoms with E-state index in [-0.39, 0.29) is 12.3 Å². The summed E-state index contributed by atoms with van der Waals surface area (Å²) in [5.41, 5.74) is 0. The van der Waals surface area contributed by atoms with E-state index in [1.165, 1.54) is 0 Å². The molecule has 0 fully saturated rings. The number of rotatable bonds is 14. The molecular formula is C15H32N2O4. The zero-order valence-corrected chi connectivity index (χ0v) is 13.7. The number of hydrogen-bond acceptors (Lipinski definition) is 5. The minimum absolute atomic E-state index is 0.125. The normalized spacial score (nSPS) is 12.6. The minimum Gasteiger partial charge on any atom is -0.393 e. The Morgan fingerprint density at radius 3 is 2.24 bits per heavy atom. The number of likely N-dealkylation sites (N-methyl/N-ethyl adjacent to an activating group) is 1. The Morgan fingerprint density at radius 2 is 1.67 bits per heavy atom. The van der Waals surface area contributed by atoms with Crippen LogP contribution in [0.15, 0.2) is 0 Å². The Kier molecular flexibility index (Phi) is 13.8. The first-order valence-electron chi connectivity index (χ1n) is 7.81. The molecule has 0 aliphatic heterocycles. The van der Waals surface area contributed by atoms with Crippen LogP contribution in [-0.4, -0.2) is 63.7 Å². The Hall–Kier alpha value is -0.690. The Labute approximate surface area is 128 Å². The van der Waals surface area contributed by atoms with Crippen LogP contribution >= 0.6 is 0 Å². The van der Waals surface area contributed by atoms with Crippen molar-refractivity contribution < 1.29 is 19.4 Å². The Morgan fingerprint density at radius 1 is 1.05 bits per heavy atom. The van der Waals surface area contributed by atoms with E-state index in [0.29, 0.717) is 45.3 Å². The van der Waals surface area contributed by atoms with Crippen LogP contribution in [0.25, 0.3) is 0 Å². The molecule has 0 aromatic rings. The van der Waals surface area contributed by atoms with Gasteiger partial charge in [0, 0.05) is 13.1 Å². The van der Waals surface area contributed by atoms with Gasteiger partial charge in [-0.3, -0.25) is 4.79 Å². The van der Waals surface area contributed by atoms with Crippen molar-refractivity contribution in [2.75, 3.05) is 46.6 Å². The summed E-state index contributed by atoms with van der Waals surface area (Å²) in [5, 5.41) is 15.4. The van der Waals surface area contributed by atoms with Gasteiger partial charge in [0.1, 0.15) is 0 Å². The highest BCUT2D eigenvalue weighted by atomic mass is 16.5. The molecule has 6 heteroatoms. The van der Waals surface area contributed by atoms with E-state index < -0.39 is 6.10 Å². The summed E-state index contributed by atoms with van der Waals surface area (Å²) in [7, 11) is 1.88. The largest absolute Gasteiger partial charge is 0.393 e. The maximum Gasteiger partial charge on any atom is 0.222 e. The van der Waals surface area contributed by atoms with Crippen molar-refractivity contribution in [1.82, 2.24) is 10.6 Å². The fourth-order valence-electron chi connectivity index (χ4n) is 1.67. The van der Waals surface area contributed by atoms with E-state index in [1.807, 2.05) is 7.05 Å². The fourth-order valence-corrected chi connectivity index (χ4v) is 1.67. The van der Waals surface area contributed by atoms with Crippen LogP contribution in [0.5, 0.6) is 0 Å². The van der Waals surface area contributed by atoms with Crippen LogP contribution in [0.3, 0.4) is 0 Å². The van der Waals surface area contributed by atoms with Gasteiger partial charge < -0.3 is 25.2 Å². The van der Waals surface area contributed by atoms with Crippen molar-refractivity contribution in [3.63, 3.8) is 0 Å². The Bertz CT molecular complexity index is 250. The summed E-state index contributed by atoms with van der Waals surface area (Å²) in [6.07, 6.45) is 1.23. The molecule has 0 aliphatic carbocycles. The quantitative estimate of drug-likeness (QED) is 0.408. The van der Waals surface area contributed by atoms with Crippen LogP contribution < -0.4 is 10.6 Å². The highest BCUT2D eigenvalue weighted by Crippen LogP contribution is 2.08. The molecule has 0 aliphatic rings. The topological polar surface area (TPSA) is 79.8 Å². The number of ether oxygens (including phenoxy) is 2. The average molecular weight is 304 g/mol. The number of hydrogen-bond donors (Lipinski definition) is 3. The van der Waals surface area contributed by atoms with Gasteiger partial charge in [-0.15, -0.1) is 0 Å². The van der Waals surface area contributed by atoms with Crippen LogP contribution in [0.2, 0.25) is 0 Å². The van der Waals surface area contributed by atoms with Crippen LogP contribution in [0, 0.1) is 5.92 Å². The third-order valence-corrected chi connectivity index (χ3v) is 2.94. The van der Waals surface area contributed by atoms with E-state index >= 15 is 0 Å². The van der Waals surface area contributed by atoms with Gasteiger partial charge in [-0.2, -0.15) is 0 Å². The lowest BCUT2D eigenvalue weighted by Gasteiger charge is -2.12. The molecule has 0 radical (unpaired) electrons. The molecule has 0 saturated carbocycles. The number of aliphatic hydroxyl groups is 1. The molecule has 0 heterocycles. The highest BCUT2D eigenvalue weighted by Gasteiger charge is 2.10. The molecule has 1 amide bonds. The minimum atomic E-state index is -0.547. The first kappa shape index (κ1) is 20.3. The van der Waals surface area contributed by atoms with Gasteiger partial charge in [0.25, 0.3) is 0 Å². The maximum absolute atomic E-state index is 11.5. The van der Waals surface area contributed by atoms with Crippen LogP contribution in [0.1, 0.15) is 33.1 Å². The van der Waals surface area contributed by atoms with E-state index in [2.05, 4.69) is 24.5 Å². The second-order valence-electron chi connectivity index (χ2n) is 5.51. The van der Waals surface area contributed by atoms with Crippen molar-refractivity contribution in [1.29, 1.82) is 0 Å². The molecule has 0 saturated heterocycles.